The second-order valence-electron chi connectivity index (χ2n) is 3.62. The molecule has 6 heteroatoms. The molecular weight excluding hydrogens is 286 g/mol. The number of hydrogen-bond acceptors (Lipinski definition) is 4. The molecule has 17 heavy (non-hydrogen) atoms. The van der Waals surface area contributed by atoms with E-state index in [9.17, 15) is 0 Å². The summed E-state index contributed by atoms with van der Waals surface area (Å²) in [6, 6.07) is 5.72. The Balaban J connectivity index is 1.97. The molecule has 0 amide bonds. The van der Waals surface area contributed by atoms with Gasteiger partial charge in [-0.15, -0.1) is 5.10 Å². The first-order valence-corrected chi connectivity index (χ1v) is 6.36. The molecule has 0 radical (unpaired) electrons. The van der Waals surface area contributed by atoms with Gasteiger partial charge in [0.15, 0.2) is 11.5 Å². The van der Waals surface area contributed by atoms with E-state index >= 15 is 0 Å². The van der Waals surface area contributed by atoms with Gasteiger partial charge in [-0.25, -0.2) is 4.68 Å². The fraction of sp³-hybridized carbons (Fsp3) is 0.273. The molecule has 0 aliphatic carbocycles. The molecule has 0 spiro atoms. The molecule has 1 aromatic heterocycles. The predicted molar refractivity (Wildman–Crippen MR) is 65.0 cm³/mol. The Kier molecular flexibility index (Phi) is 2.72. The number of benzene rings is 1. The molecule has 3 rings (SSSR count). The van der Waals surface area contributed by atoms with Crippen molar-refractivity contribution in [3.05, 3.63) is 30.1 Å². The molecule has 0 unspecified atom stereocenters. The molecule has 2 aromatic rings. The molecular formula is C11H10BrN3O2. The Hall–Kier alpha value is -1.56. The highest BCUT2D eigenvalue weighted by molar-refractivity contribution is 9.08. The van der Waals surface area contributed by atoms with Crippen molar-refractivity contribution in [1.82, 2.24) is 15.0 Å². The normalized spacial score (nSPS) is 13.7. The van der Waals surface area contributed by atoms with Crippen LogP contribution in [0.15, 0.2) is 24.4 Å². The molecule has 1 aliphatic rings. The highest BCUT2D eigenvalue weighted by atomic mass is 79.9. The van der Waals surface area contributed by atoms with E-state index in [1.165, 1.54) is 0 Å². The quantitative estimate of drug-likeness (QED) is 0.795. The SMILES string of the molecule is BrCc1cn(-c2ccc3c(c2)OCCO3)nn1. The number of nitrogens with zero attached hydrogens (tertiary/aromatic N) is 3. The second kappa shape index (κ2) is 4.37. The van der Waals surface area contributed by atoms with Gasteiger partial charge >= 0.3 is 0 Å². The molecule has 0 bridgehead atoms. The molecule has 1 aliphatic heterocycles. The summed E-state index contributed by atoms with van der Waals surface area (Å²) in [6.07, 6.45) is 1.88. The van der Waals surface area contributed by atoms with Gasteiger partial charge in [-0.2, -0.15) is 0 Å². The number of ether oxygens (including phenoxy) is 2. The van der Waals surface area contributed by atoms with Gasteiger partial charge in [0.05, 0.1) is 17.6 Å². The van der Waals surface area contributed by atoms with Crippen LogP contribution in [0.25, 0.3) is 5.69 Å². The van der Waals surface area contributed by atoms with E-state index in [1.54, 1.807) is 4.68 Å². The number of alkyl halides is 1. The van der Waals surface area contributed by atoms with Gasteiger partial charge in [0, 0.05) is 11.4 Å². The third-order valence-electron chi connectivity index (χ3n) is 2.47. The van der Waals surface area contributed by atoms with Crippen LogP contribution in [-0.2, 0) is 5.33 Å². The van der Waals surface area contributed by atoms with Gasteiger partial charge in [0.25, 0.3) is 0 Å². The average Bonchev–Trinajstić information content (AvgIpc) is 2.87. The topological polar surface area (TPSA) is 49.2 Å². The maximum atomic E-state index is 5.52. The molecule has 0 fully saturated rings. The minimum absolute atomic E-state index is 0.584. The standard InChI is InChI=1S/C11H10BrN3O2/c12-6-8-7-15(14-13-8)9-1-2-10-11(5-9)17-4-3-16-10/h1-2,5,7H,3-4,6H2. The third kappa shape index (κ3) is 2.00. The fourth-order valence-electron chi connectivity index (χ4n) is 1.66. The summed E-state index contributed by atoms with van der Waals surface area (Å²) in [6.45, 7) is 1.18. The van der Waals surface area contributed by atoms with E-state index in [1.807, 2.05) is 24.4 Å². The average molecular weight is 296 g/mol. The zero-order chi connectivity index (χ0) is 11.7. The number of hydrogen-bond donors (Lipinski definition) is 0. The van der Waals surface area contributed by atoms with E-state index in [-0.39, 0.29) is 0 Å². The van der Waals surface area contributed by atoms with Crippen LogP contribution in [0, 0.1) is 0 Å². The summed E-state index contributed by atoms with van der Waals surface area (Å²) in [5, 5.41) is 8.76. The lowest BCUT2D eigenvalue weighted by Crippen LogP contribution is -2.15. The second-order valence-corrected chi connectivity index (χ2v) is 4.18. The highest BCUT2D eigenvalue weighted by Gasteiger charge is 2.12. The smallest absolute Gasteiger partial charge is 0.163 e. The molecule has 0 saturated carbocycles. The van der Waals surface area contributed by atoms with E-state index in [0.717, 1.165) is 22.9 Å². The molecule has 1 aromatic carbocycles. The van der Waals surface area contributed by atoms with Crippen LogP contribution >= 0.6 is 15.9 Å². The van der Waals surface area contributed by atoms with Gasteiger partial charge in [-0.1, -0.05) is 21.1 Å². The Bertz CT molecular complexity index is 541. The Morgan fingerprint density at radius 2 is 2.06 bits per heavy atom. The van der Waals surface area contributed by atoms with Gasteiger partial charge in [0.2, 0.25) is 0 Å². The number of fused-ring (bicyclic) bond motifs is 1. The Morgan fingerprint density at radius 3 is 2.82 bits per heavy atom. The summed E-state index contributed by atoms with van der Waals surface area (Å²) in [5.74, 6) is 1.53. The lowest BCUT2D eigenvalue weighted by atomic mass is 10.2. The summed E-state index contributed by atoms with van der Waals surface area (Å²) < 4.78 is 12.7. The van der Waals surface area contributed by atoms with Crippen LogP contribution in [0.3, 0.4) is 0 Å². The predicted octanol–water partition coefficient (Wildman–Crippen LogP) is 1.93. The number of aromatic nitrogens is 3. The molecule has 0 atom stereocenters. The van der Waals surface area contributed by atoms with Crippen LogP contribution in [0.5, 0.6) is 11.5 Å². The highest BCUT2D eigenvalue weighted by Crippen LogP contribution is 2.31. The molecule has 0 N–H and O–H groups in total. The minimum atomic E-state index is 0.584. The van der Waals surface area contributed by atoms with Crippen molar-refractivity contribution in [3.8, 4) is 17.2 Å². The van der Waals surface area contributed by atoms with Crippen molar-refractivity contribution in [3.63, 3.8) is 0 Å². The zero-order valence-corrected chi connectivity index (χ0v) is 10.6. The van der Waals surface area contributed by atoms with Gasteiger partial charge in [-0.05, 0) is 12.1 Å². The van der Waals surface area contributed by atoms with Crippen molar-refractivity contribution in [2.45, 2.75) is 5.33 Å². The molecule has 2 heterocycles. The Morgan fingerprint density at radius 1 is 1.24 bits per heavy atom. The molecule has 5 nitrogen and oxygen atoms in total. The minimum Gasteiger partial charge on any atom is -0.486 e. The van der Waals surface area contributed by atoms with Crippen molar-refractivity contribution < 1.29 is 9.47 Å². The van der Waals surface area contributed by atoms with E-state index in [2.05, 4.69) is 26.2 Å². The summed E-state index contributed by atoms with van der Waals surface area (Å²) >= 11 is 3.34. The van der Waals surface area contributed by atoms with Crippen molar-refractivity contribution in [1.29, 1.82) is 0 Å². The first kappa shape index (κ1) is 10.6. The van der Waals surface area contributed by atoms with Gasteiger partial charge < -0.3 is 9.47 Å². The lowest BCUT2D eigenvalue weighted by Gasteiger charge is -2.18. The van der Waals surface area contributed by atoms with Crippen LogP contribution in [0.1, 0.15) is 5.69 Å². The Labute approximate surface area is 106 Å². The van der Waals surface area contributed by atoms with Crippen molar-refractivity contribution in [2.24, 2.45) is 0 Å². The van der Waals surface area contributed by atoms with Crippen molar-refractivity contribution >= 4 is 15.9 Å². The van der Waals surface area contributed by atoms with Gasteiger partial charge in [-0.3, -0.25) is 0 Å². The zero-order valence-electron chi connectivity index (χ0n) is 8.97. The summed E-state index contributed by atoms with van der Waals surface area (Å²) in [4.78, 5) is 0. The maximum absolute atomic E-state index is 5.52. The first-order valence-electron chi connectivity index (χ1n) is 5.24. The van der Waals surface area contributed by atoms with Crippen LogP contribution in [0.2, 0.25) is 0 Å². The molecule has 88 valence electrons. The van der Waals surface area contributed by atoms with Crippen LogP contribution < -0.4 is 9.47 Å². The number of rotatable bonds is 2. The van der Waals surface area contributed by atoms with Gasteiger partial charge in [0.1, 0.15) is 13.2 Å². The largest absolute Gasteiger partial charge is 0.486 e. The summed E-state index contributed by atoms with van der Waals surface area (Å²) in [5.41, 5.74) is 1.80. The number of halogens is 1. The first-order chi connectivity index (χ1) is 8.36. The van der Waals surface area contributed by atoms with Crippen LogP contribution in [-0.4, -0.2) is 28.2 Å². The van der Waals surface area contributed by atoms with Crippen molar-refractivity contribution in [2.75, 3.05) is 13.2 Å². The lowest BCUT2D eigenvalue weighted by molar-refractivity contribution is 0.171. The third-order valence-corrected chi connectivity index (χ3v) is 3.04. The fourth-order valence-corrected chi connectivity index (χ4v) is 1.92. The van der Waals surface area contributed by atoms with E-state index in [4.69, 9.17) is 9.47 Å². The summed E-state index contributed by atoms with van der Waals surface area (Å²) in [7, 11) is 0. The maximum Gasteiger partial charge on any atom is 0.163 e. The monoisotopic (exact) mass is 295 g/mol. The van der Waals surface area contributed by atoms with Crippen LogP contribution in [0.4, 0.5) is 0 Å². The van der Waals surface area contributed by atoms with E-state index < -0.39 is 0 Å². The molecule has 0 saturated heterocycles. The van der Waals surface area contributed by atoms with E-state index in [0.29, 0.717) is 18.5 Å².